The largest absolute Gasteiger partial charge is 0.207 e. The molecule has 156 valence electrons. The first-order valence-corrected chi connectivity index (χ1v) is 11.3. The average molecular weight is 397 g/mol. The van der Waals surface area contributed by atoms with Crippen LogP contribution in [0.1, 0.15) is 81.8 Å². The number of benzene rings is 2. The number of rotatable bonds is 9. The number of hydrogen-bond acceptors (Lipinski definition) is 0. The van der Waals surface area contributed by atoms with Gasteiger partial charge in [0.1, 0.15) is 11.6 Å². The number of halogens is 2. The summed E-state index contributed by atoms with van der Waals surface area (Å²) in [6.45, 7) is 5.95. The zero-order chi connectivity index (χ0) is 20.6. The van der Waals surface area contributed by atoms with Crippen molar-refractivity contribution in [3.63, 3.8) is 0 Å². The third-order valence-corrected chi connectivity index (χ3v) is 6.48. The van der Waals surface area contributed by atoms with E-state index in [4.69, 9.17) is 0 Å². The van der Waals surface area contributed by atoms with Crippen LogP contribution in [0.15, 0.2) is 49.1 Å². The summed E-state index contributed by atoms with van der Waals surface area (Å²) in [6.07, 6.45) is 13.2. The van der Waals surface area contributed by atoms with Crippen molar-refractivity contribution in [3.05, 3.63) is 71.8 Å². The third-order valence-electron chi connectivity index (χ3n) is 6.48. The fourth-order valence-corrected chi connectivity index (χ4v) is 4.69. The van der Waals surface area contributed by atoms with Crippen molar-refractivity contribution in [2.24, 2.45) is 5.92 Å². The van der Waals surface area contributed by atoms with Gasteiger partial charge in [0.05, 0.1) is 0 Å². The summed E-state index contributed by atoms with van der Waals surface area (Å²) in [5, 5.41) is 0. The van der Waals surface area contributed by atoms with Crippen LogP contribution in [-0.2, 0) is 6.42 Å². The van der Waals surface area contributed by atoms with E-state index in [2.05, 4.69) is 13.5 Å². The first-order valence-electron chi connectivity index (χ1n) is 11.3. The fourth-order valence-electron chi connectivity index (χ4n) is 4.69. The minimum absolute atomic E-state index is 0.188. The van der Waals surface area contributed by atoms with Crippen molar-refractivity contribution < 1.29 is 8.78 Å². The summed E-state index contributed by atoms with van der Waals surface area (Å²) in [5.41, 5.74) is 2.84. The number of hydrogen-bond donors (Lipinski definition) is 0. The highest BCUT2D eigenvalue weighted by molar-refractivity contribution is 5.65. The molecular formula is C27H34F2. The summed E-state index contributed by atoms with van der Waals surface area (Å²) < 4.78 is 29.5. The molecule has 0 saturated heterocycles. The highest BCUT2D eigenvalue weighted by atomic mass is 19.1. The Kier molecular flexibility index (Phi) is 8.03. The van der Waals surface area contributed by atoms with E-state index in [1.165, 1.54) is 44.6 Å². The molecule has 0 N–H and O–H groups in total. The van der Waals surface area contributed by atoms with Gasteiger partial charge in [-0.25, -0.2) is 8.78 Å². The van der Waals surface area contributed by atoms with Crippen molar-refractivity contribution in [1.29, 1.82) is 0 Å². The Morgan fingerprint density at radius 1 is 0.966 bits per heavy atom. The minimum Gasteiger partial charge on any atom is -0.207 e. The SMILES string of the molecule is C=CCCc1ccc(-c2ccc(C3CCC(CCCCC)CC3)c(F)c2)c(F)c1. The smallest absolute Gasteiger partial charge is 0.131 e. The normalized spacial score (nSPS) is 19.3. The summed E-state index contributed by atoms with van der Waals surface area (Å²) >= 11 is 0. The lowest BCUT2D eigenvalue weighted by atomic mass is 9.76. The molecular weight excluding hydrogens is 362 g/mol. The van der Waals surface area contributed by atoms with Crippen LogP contribution in [0.5, 0.6) is 0 Å². The van der Waals surface area contributed by atoms with E-state index < -0.39 is 0 Å². The molecule has 0 nitrogen and oxygen atoms in total. The molecule has 2 aromatic carbocycles. The second kappa shape index (κ2) is 10.7. The molecule has 1 saturated carbocycles. The fraction of sp³-hybridized carbons (Fsp3) is 0.481. The van der Waals surface area contributed by atoms with Crippen LogP contribution >= 0.6 is 0 Å². The van der Waals surface area contributed by atoms with Crippen LogP contribution in [0.3, 0.4) is 0 Å². The van der Waals surface area contributed by atoms with E-state index in [0.717, 1.165) is 42.7 Å². The molecule has 0 radical (unpaired) electrons. The molecule has 0 unspecified atom stereocenters. The molecule has 2 aromatic rings. The Hall–Kier alpha value is -1.96. The quantitative estimate of drug-likeness (QED) is 0.294. The predicted octanol–water partition coefficient (Wildman–Crippen LogP) is 8.60. The van der Waals surface area contributed by atoms with Gasteiger partial charge in [-0.3, -0.25) is 0 Å². The lowest BCUT2D eigenvalue weighted by Gasteiger charge is -2.29. The van der Waals surface area contributed by atoms with E-state index in [0.29, 0.717) is 17.0 Å². The standard InChI is InChI=1S/C27H34F2/c1-3-5-7-9-20-10-13-22(14-11-20)24-17-15-23(19-27(24)29)25-16-12-21(8-6-4-2)18-26(25)28/h4,12,15-20,22H,2-3,5-11,13-14H2,1H3. The molecule has 2 heteroatoms. The van der Waals surface area contributed by atoms with Crippen LogP contribution < -0.4 is 0 Å². The van der Waals surface area contributed by atoms with Crippen LogP contribution in [0.25, 0.3) is 11.1 Å². The molecule has 29 heavy (non-hydrogen) atoms. The highest BCUT2D eigenvalue weighted by Gasteiger charge is 2.24. The minimum atomic E-state index is -0.286. The average Bonchev–Trinajstić information content (AvgIpc) is 2.73. The number of unbranched alkanes of at least 4 members (excludes halogenated alkanes) is 2. The molecule has 0 bridgehead atoms. The van der Waals surface area contributed by atoms with E-state index in [1.807, 2.05) is 24.3 Å². The highest BCUT2D eigenvalue weighted by Crippen LogP contribution is 2.39. The first-order chi connectivity index (χ1) is 14.1. The zero-order valence-corrected chi connectivity index (χ0v) is 17.7. The summed E-state index contributed by atoms with van der Waals surface area (Å²) in [6, 6.07) is 10.5. The number of aryl methyl sites for hydroxylation is 1. The van der Waals surface area contributed by atoms with Gasteiger partial charge in [0.2, 0.25) is 0 Å². The Bertz CT molecular complexity index is 800. The van der Waals surface area contributed by atoms with Crippen LogP contribution in [0.4, 0.5) is 8.78 Å². The lowest BCUT2D eigenvalue weighted by molar-refractivity contribution is 0.299. The lowest BCUT2D eigenvalue weighted by Crippen LogP contribution is -2.14. The van der Waals surface area contributed by atoms with Gasteiger partial charge in [-0.15, -0.1) is 6.58 Å². The molecule has 1 aliphatic carbocycles. The van der Waals surface area contributed by atoms with Gasteiger partial charge in [-0.1, -0.05) is 62.9 Å². The van der Waals surface area contributed by atoms with Crippen molar-refractivity contribution in [2.45, 2.75) is 77.0 Å². The van der Waals surface area contributed by atoms with Crippen molar-refractivity contribution >= 4 is 0 Å². The van der Waals surface area contributed by atoms with Crippen LogP contribution in [-0.4, -0.2) is 0 Å². The van der Waals surface area contributed by atoms with E-state index >= 15 is 0 Å². The van der Waals surface area contributed by atoms with Crippen LogP contribution in [0.2, 0.25) is 0 Å². The Morgan fingerprint density at radius 3 is 2.41 bits per heavy atom. The second-order valence-electron chi connectivity index (χ2n) is 8.59. The molecule has 1 aliphatic rings. The summed E-state index contributed by atoms with van der Waals surface area (Å²) in [5.74, 6) is 0.643. The second-order valence-corrected chi connectivity index (χ2v) is 8.59. The molecule has 0 amide bonds. The summed E-state index contributed by atoms with van der Waals surface area (Å²) in [4.78, 5) is 0. The van der Waals surface area contributed by atoms with Gasteiger partial charge in [0, 0.05) is 5.56 Å². The maximum atomic E-state index is 14.9. The van der Waals surface area contributed by atoms with E-state index in [1.54, 1.807) is 12.1 Å². The third kappa shape index (κ3) is 5.78. The molecule has 0 aromatic heterocycles. The van der Waals surface area contributed by atoms with Gasteiger partial charge in [0.25, 0.3) is 0 Å². The first kappa shape index (κ1) is 21.7. The van der Waals surface area contributed by atoms with Crippen molar-refractivity contribution in [2.75, 3.05) is 0 Å². The molecule has 0 atom stereocenters. The maximum absolute atomic E-state index is 14.9. The van der Waals surface area contributed by atoms with Gasteiger partial charge < -0.3 is 0 Å². The van der Waals surface area contributed by atoms with Crippen LogP contribution in [0, 0.1) is 17.6 Å². The van der Waals surface area contributed by atoms with Gasteiger partial charge in [0.15, 0.2) is 0 Å². The number of allylic oxidation sites excluding steroid dienone is 1. The van der Waals surface area contributed by atoms with Gasteiger partial charge in [-0.05, 0) is 79.2 Å². The topological polar surface area (TPSA) is 0 Å². The molecule has 0 aliphatic heterocycles. The van der Waals surface area contributed by atoms with E-state index in [9.17, 15) is 8.78 Å². The molecule has 3 rings (SSSR count). The summed E-state index contributed by atoms with van der Waals surface area (Å²) in [7, 11) is 0. The van der Waals surface area contributed by atoms with Crippen molar-refractivity contribution in [1.82, 2.24) is 0 Å². The van der Waals surface area contributed by atoms with Crippen molar-refractivity contribution in [3.8, 4) is 11.1 Å². The predicted molar refractivity (Wildman–Crippen MR) is 119 cm³/mol. The molecule has 1 fully saturated rings. The maximum Gasteiger partial charge on any atom is 0.131 e. The Labute approximate surface area is 175 Å². The monoisotopic (exact) mass is 396 g/mol. The van der Waals surface area contributed by atoms with Gasteiger partial charge >= 0.3 is 0 Å². The van der Waals surface area contributed by atoms with E-state index in [-0.39, 0.29) is 11.6 Å². The molecule has 0 spiro atoms. The van der Waals surface area contributed by atoms with Gasteiger partial charge in [-0.2, -0.15) is 0 Å². The zero-order valence-electron chi connectivity index (χ0n) is 17.7. The Morgan fingerprint density at radius 2 is 1.76 bits per heavy atom. The Balaban J connectivity index is 1.66. The molecule has 0 heterocycles.